The minimum Gasteiger partial charge on any atom is -0.383 e. The van der Waals surface area contributed by atoms with Crippen molar-refractivity contribution in [3.63, 3.8) is 0 Å². The summed E-state index contributed by atoms with van der Waals surface area (Å²) in [7, 11) is 0. The van der Waals surface area contributed by atoms with Crippen molar-refractivity contribution < 1.29 is 0 Å². The van der Waals surface area contributed by atoms with E-state index in [-0.39, 0.29) is 5.82 Å². The molecule has 0 bridgehead atoms. The van der Waals surface area contributed by atoms with Crippen molar-refractivity contribution in [1.82, 2.24) is 4.98 Å². The molecule has 0 aliphatic rings. The van der Waals surface area contributed by atoms with Gasteiger partial charge in [-0.1, -0.05) is 29.8 Å². The molecular formula is C17H12ClN3S. The van der Waals surface area contributed by atoms with Crippen LogP contribution < -0.4 is 5.73 Å². The lowest BCUT2D eigenvalue weighted by molar-refractivity contribution is 1.26. The van der Waals surface area contributed by atoms with Crippen LogP contribution in [-0.4, -0.2) is 4.98 Å². The van der Waals surface area contributed by atoms with E-state index in [2.05, 4.69) is 11.1 Å². The number of pyridine rings is 1. The van der Waals surface area contributed by atoms with Crippen molar-refractivity contribution in [1.29, 1.82) is 5.26 Å². The van der Waals surface area contributed by atoms with Gasteiger partial charge in [-0.25, -0.2) is 4.98 Å². The average molecular weight is 326 g/mol. The maximum absolute atomic E-state index is 9.44. The third-order valence-electron chi connectivity index (χ3n) is 3.45. The lowest BCUT2D eigenvalue weighted by Gasteiger charge is -2.14. The normalized spacial score (nSPS) is 10.4. The van der Waals surface area contributed by atoms with Gasteiger partial charge in [-0.15, -0.1) is 11.3 Å². The highest BCUT2D eigenvalue weighted by molar-refractivity contribution is 7.13. The summed E-state index contributed by atoms with van der Waals surface area (Å²) in [6.45, 7) is 1.96. The van der Waals surface area contributed by atoms with Gasteiger partial charge in [-0.2, -0.15) is 5.26 Å². The molecule has 0 saturated carbocycles. The molecule has 0 fully saturated rings. The van der Waals surface area contributed by atoms with Crippen molar-refractivity contribution in [3.05, 3.63) is 57.9 Å². The highest BCUT2D eigenvalue weighted by Gasteiger charge is 2.18. The molecule has 0 unspecified atom stereocenters. The molecule has 2 heterocycles. The smallest absolute Gasteiger partial charge is 0.142 e. The molecule has 0 spiro atoms. The second-order valence-electron chi connectivity index (χ2n) is 4.82. The van der Waals surface area contributed by atoms with Crippen LogP contribution in [0.25, 0.3) is 21.7 Å². The second kappa shape index (κ2) is 5.80. The zero-order valence-electron chi connectivity index (χ0n) is 11.8. The van der Waals surface area contributed by atoms with Crippen LogP contribution >= 0.6 is 22.9 Å². The number of aromatic nitrogens is 1. The highest BCUT2D eigenvalue weighted by atomic mass is 35.5. The van der Waals surface area contributed by atoms with Crippen LogP contribution in [0.5, 0.6) is 0 Å². The molecule has 0 saturated heterocycles. The number of anilines is 1. The Morgan fingerprint density at radius 1 is 1.27 bits per heavy atom. The first-order valence-corrected chi connectivity index (χ1v) is 7.87. The molecular weight excluding hydrogens is 314 g/mol. The summed E-state index contributed by atoms with van der Waals surface area (Å²) in [5.41, 5.74) is 9.86. The number of nitrogens with two attached hydrogens (primary N) is 1. The Kier molecular flexibility index (Phi) is 3.84. The fourth-order valence-electron chi connectivity index (χ4n) is 2.45. The Balaban J connectivity index is 2.33. The molecule has 22 heavy (non-hydrogen) atoms. The lowest BCUT2D eigenvalue weighted by atomic mass is 9.97. The van der Waals surface area contributed by atoms with E-state index >= 15 is 0 Å². The van der Waals surface area contributed by atoms with Crippen LogP contribution in [0, 0.1) is 18.3 Å². The first-order chi connectivity index (χ1) is 10.6. The monoisotopic (exact) mass is 325 g/mol. The minimum atomic E-state index is 0.242. The summed E-state index contributed by atoms with van der Waals surface area (Å²) in [6, 6.07) is 13.6. The number of nitrogen functional groups attached to an aromatic ring is 1. The summed E-state index contributed by atoms with van der Waals surface area (Å²) in [5, 5.41) is 12.1. The summed E-state index contributed by atoms with van der Waals surface area (Å²) in [6.07, 6.45) is 0. The third kappa shape index (κ3) is 2.45. The van der Waals surface area contributed by atoms with Crippen molar-refractivity contribution in [2.24, 2.45) is 0 Å². The second-order valence-corrected chi connectivity index (χ2v) is 6.20. The first kappa shape index (κ1) is 14.6. The fraction of sp³-hybridized carbons (Fsp3) is 0.0588. The van der Waals surface area contributed by atoms with Gasteiger partial charge in [-0.05, 0) is 36.1 Å². The van der Waals surface area contributed by atoms with E-state index in [1.807, 2.05) is 48.7 Å². The van der Waals surface area contributed by atoms with Crippen LogP contribution in [0.1, 0.15) is 11.1 Å². The maximum atomic E-state index is 9.44. The molecule has 0 aliphatic heterocycles. The maximum Gasteiger partial charge on any atom is 0.142 e. The van der Waals surface area contributed by atoms with Gasteiger partial charge in [0.15, 0.2) is 0 Å². The van der Waals surface area contributed by atoms with Crippen LogP contribution in [-0.2, 0) is 0 Å². The molecule has 3 rings (SSSR count). The number of nitrogens with zero attached hydrogens (tertiary/aromatic N) is 2. The molecule has 0 amide bonds. The number of thiophene rings is 1. The third-order valence-corrected chi connectivity index (χ3v) is 4.57. The molecule has 0 atom stereocenters. The molecule has 108 valence electrons. The number of benzene rings is 1. The minimum absolute atomic E-state index is 0.242. The van der Waals surface area contributed by atoms with Gasteiger partial charge in [0.25, 0.3) is 0 Å². The summed E-state index contributed by atoms with van der Waals surface area (Å²) < 4.78 is 0. The number of rotatable bonds is 2. The molecule has 0 aliphatic carbocycles. The number of nitriles is 1. The van der Waals surface area contributed by atoms with Crippen LogP contribution in [0.15, 0.2) is 41.8 Å². The van der Waals surface area contributed by atoms with E-state index in [9.17, 15) is 5.26 Å². The van der Waals surface area contributed by atoms with Crippen LogP contribution in [0.2, 0.25) is 5.02 Å². The summed E-state index contributed by atoms with van der Waals surface area (Å²) in [5.74, 6) is 0.242. The SMILES string of the molecule is Cc1c(-c2cccc(Cl)c2)nc(N)c(C#N)c1-c1cccs1. The highest BCUT2D eigenvalue weighted by Crippen LogP contribution is 2.38. The van der Waals surface area contributed by atoms with Gasteiger partial charge in [0.1, 0.15) is 17.5 Å². The zero-order chi connectivity index (χ0) is 15.7. The van der Waals surface area contributed by atoms with Gasteiger partial charge in [0.05, 0.1) is 5.69 Å². The number of hydrogen-bond acceptors (Lipinski definition) is 4. The Morgan fingerprint density at radius 2 is 2.09 bits per heavy atom. The summed E-state index contributed by atoms with van der Waals surface area (Å²) >= 11 is 7.65. The standard InChI is InChI=1S/C17H12ClN3S/c1-10-15(14-6-3-7-22-14)13(9-19)17(20)21-16(10)11-4-2-5-12(18)8-11/h2-8H,1H3,(H2,20,21). The van der Waals surface area contributed by atoms with E-state index in [4.69, 9.17) is 17.3 Å². The van der Waals surface area contributed by atoms with Crippen LogP contribution in [0.4, 0.5) is 5.82 Å². The average Bonchev–Trinajstić information content (AvgIpc) is 3.02. The predicted molar refractivity (Wildman–Crippen MR) is 91.9 cm³/mol. The largest absolute Gasteiger partial charge is 0.383 e. The van der Waals surface area contributed by atoms with E-state index in [0.29, 0.717) is 10.6 Å². The van der Waals surface area contributed by atoms with E-state index in [1.165, 1.54) is 0 Å². The van der Waals surface area contributed by atoms with Gasteiger partial charge >= 0.3 is 0 Å². The molecule has 0 radical (unpaired) electrons. The molecule has 5 heteroatoms. The molecule has 1 aromatic carbocycles. The Hall–Kier alpha value is -2.35. The topological polar surface area (TPSA) is 62.7 Å². The Bertz CT molecular complexity index is 880. The van der Waals surface area contributed by atoms with Crippen LogP contribution in [0.3, 0.4) is 0 Å². The van der Waals surface area contributed by atoms with Gasteiger partial charge in [0.2, 0.25) is 0 Å². The van der Waals surface area contributed by atoms with Crippen molar-refractivity contribution >= 4 is 28.8 Å². The van der Waals surface area contributed by atoms with Gasteiger partial charge < -0.3 is 5.73 Å². The van der Waals surface area contributed by atoms with E-state index < -0.39 is 0 Å². The van der Waals surface area contributed by atoms with E-state index in [1.54, 1.807) is 11.3 Å². The molecule has 3 nitrogen and oxygen atoms in total. The zero-order valence-corrected chi connectivity index (χ0v) is 13.4. The predicted octanol–water partition coefficient (Wildman–Crippen LogP) is 4.89. The number of halogens is 1. The molecule has 2 aromatic heterocycles. The Labute approximate surface area is 137 Å². The lowest BCUT2D eigenvalue weighted by Crippen LogP contribution is -2.02. The van der Waals surface area contributed by atoms with Gasteiger partial charge in [0, 0.05) is 21.0 Å². The van der Waals surface area contributed by atoms with Crippen molar-refractivity contribution in [3.8, 4) is 27.8 Å². The van der Waals surface area contributed by atoms with E-state index in [0.717, 1.165) is 27.3 Å². The van der Waals surface area contributed by atoms with Crippen molar-refractivity contribution in [2.45, 2.75) is 6.92 Å². The van der Waals surface area contributed by atoms with Gasteiger partial charge in [-0.3, -0.25) is 0 Å². The molecule has 3 aromatic rings. The fourth-order valence-corrected chi connectivity index (χ4v) is 3.48. The quantitative estimate of drug-likeness (QED) is 0.729. The first-order valence-electron chi connectivity index (χ1n) is 6.62. The Morgan fingerprint density at radius 3 is 2.73 bits per heavy atom. The molecule has 2 N–H and O–H groups in total. The summed E-state index contributed by atoms with van der Waals surface area (Å²) in [4.78, 5) is 5.43. The number of hydrogen-bond donors (Lipinski definition) is 1. The van der Waals surface area contributed by atoms with Crippen molar-refractivity contribution in [2.75, 3.05) is 5.73 Å².